The lowest BCUT2D eigenvalue weighted by molar-refractivity contribution is -0.130. The highest BCUT2D eigenvalue weighted by Crippen LogP contribution is 2.35. The monoisotopic (exact) mass is 447 g/mol. The van der Waals surface area contributed by atoms with Crippen LogP contribution in [0.2, 0.25) is 5.02 Å². The zero-order valence-electron chi connectivity index (χ0n) is 18.7. The van der Waals surface area contributed by atoms with Crippen LogP contribution in [0.15, 0.2) is 73.1 Å². The lowest BCUT2D eigenvalue weighted by atomic mass is 9.88. The minimum atomic E-state index is 0.0982. The fraction of sp³-hybridized carbons (Fsp3) is 0.333. The molecular formula is C27H30ClN3O. The van der Waals surface area contributed by atoms with E-state index >= 15 is 0 Å². The Balaban J connectivity index is 1.55. The molecule has 1 amide bonds. The second kappa shape index (κ2) is 10.3. The van der Waals surface area contributed by atoms with Gasteiger partial charge in [0.1, 0.15) is 0 Å². The molecule has 4 nitrogen and oxygen atoms in total. The number of pyridine rings is 1. The molecule has 0 spiro atoms. The zero-order valence-corrected chi connectivity index (χ0v) is 19.5. The lowest BCUT2D eigenvalue weighted by Gasteiger charge is -2.28. The highest BCUT2D eigenvalue weighted by atomic mass is 35.5. The van der Waals surface area contributed by atoms with Crippen molar-refractivity contribution in [3.8, 4) is 0 Å². The molecule has 0 N–H and O–H groups in total. The lowest BCUT2D eigenvalue weighted by Crippen LogP contribution is -2.35. The maximum atomic E-state index is 12.5. The van der Waals surface area contributed by atoms with Gasteiger partial charge >= 0.3 is 0 Å². The fourth-order valence-electron chi connectivity index (χ4n) is 4.63. The highest BCUT2D eigenvalue weighted by molar-refractivity contribution is 6.31. The first kappa shape index (κ1) is 22.5. The Bertz CT molecular complexity index is 1040. The summed E-state index contributed by atoms with van der Waals surface area (Å²) in [4.78, 5) is 21.2. The molecule has 2 atom stereocenters. The molecular weight excluding hydrogens is 418 g/mol. The summed E-state index contributed by atoms with van der Waals surface area (Å²) in [6, 6.07) is 20.9. The van der Waals surface area contributed by atoms with Crippen molar-refractivity contribution in [1.29, 1.82) is 0 Å². The molecule has 2 unspecified atom stereocenters. The molecule has 1 fully saturated rings. The molecule has 0 saturated carbocycles. The summed E-state index contributed by atoms with van der Waals surface area (Å²) < 4.78 is 0. The molecule has 1 saturated heterocycles. The number of rotatable bonds is 7. The van der Waals surface area contributed by atoms with E-state index < -0.39 is 0 Å². The number of amides is 1. The third-order valence-electron chi connectivity index (χ3n) is 6.37. The molecule has 2 heterocycles. The number of aromatic nitrogens is 1. The van der Waals surface area contributed by atoms with E-state index in [0.29, 0.717) is 18.4 Å². The van der Waals surface area contributed by atoms with Crippen molar-refractivity contribution < 1.29 is 4.79 Å². The normalized spacial score (nSPS) is 18.6. The summed E-state index contributed by atoms with van der Waals surface area (Å²) >= 11 is 6.44. The number of carbonyl (C=O) groups excluding carboxylic acids is 1. The van der Waals surface area contributed by atoms with Crippen molar-refractivity contribution in [1.82, 2.24) is 14.8 Å². The van der Waals surface area contributed by atoms with Crippen molar-refractivity contribution in [3.05, 3.63) is 100 Å². The Morgan fingerprint density at radius 3 is 2.56 bits per heavy atom. The van der Waals surface area contributed by atoms with E-state index in [9.17, 15) is 4.79 Å². The third-order valence-corrected chi connectivity index (χ3v) is 6.74. The van der Waals surface area contributed by atoms with E-state index in [1.165, 1.54) is 11.1 Å². The van der Waals surface area contributed by atoms with E-state index in [4.69, 9.17) is 11.6 Å². The predicted octanol–water partition coefficient (Wildman–Crippen LogP) is 5.31. The minimum Gasteiger partial charge on any atom is -0.338 e. The average molecular weight is 448 g/mol. The Morgan fingerprint density at radius 2 is 1.88 bits per heavy atom. The van der Waals surface area contributed by atoms with Gasteiger partial charge in [-0.1, -0.05) is 65.7 Å². The Morgan fingerprint density at radius 1 is 1.09 bits per heavy atom. The van der Waals surface area contributed by atoms with Gasteiger partial charge in [-0.25, -0.2) is 0 Å². The smallest absolute Gasteiger partial charge is 0.219 e. The average Bonchev–Trinajstić information content (AvgIpc) is 3.18. The molecule has 5 heteroatoms. The van der Waals surface area contributed by atoms with Gasteiger partial charge < -0.3 is 4.90 Å². The Hall–Kier alpha value is -2.69. The number of hydrogen-bond donors (Lipinski definition) is 0. The molecule has 2 aromatic carbocycles. The van der Waals surface area contributed by atoms with Gasteiger partial charge in [0.2, 0.25) is 5.91 Å². The van der Waals surface area contributed by atoms with Crippen LogP contribution in [0.25, 0.3) is 0 Å². The van der Waals surface area contributed by atoms with Gasteiger partial charge in [-0.05, 0) is 41.7 Å². The number of benzene rings is 2. The van der Waals surface area contributed by atoms with Gasteiger partial charge in [0.15, 0.2) is 0 Å². The van der Waals surface area contributed by atoms with Gasteiger partial charge in [-0.3, -0.25) is 14.7 Å². The van der Waals surface area contributed by atoms with Gasteiger partial charge in [0.05, 0.1) is 0 Å². The first-order chi connectivity index (χ1) is 15.5. The number of carbonyl (C=O) groups is 1. The summed E-state index contributed by atoms with van der Waals surface area (Å²) in [5.41, 5.74) is 4.81. The molecule has 166 valence electrons. The molecule has 1 aromatic heterocycles. The van der Waals surface area contributed by atoms with Crippen molar-refractivity contribution >= 4 is 17.5 Å². The molecule has 32 heavy (non-hydrogen) atoms. The van der Waals surface area contributed by atoms with Gasteiger partial charge in [-0.15, -0.1) is 0 Å². The maximum Gasteiger partial charge on any atom is 0.219 e. The van der Waals surface area contributed by atoms with Crippen LogP contribution in [-0.4, -0.2) is 40.3 Å². The highest BCUT2D eigenvalue weighted by Gasteiger charge is 2.35. The van der Waals surface area contributed by atoms with Crippen LogP contribution >= 0.6 is 11.6 Å². The van der Waals surface area contributed by atoms with Crippen molar-refractivity contribution in [2.75, 3.05) is 19.6 Å². The van der Waals surface area contributed by atoms with Crippen molar-refractivity contribution in [3.63, 3.8) is 0 Å². The summed E-state index contributed by atoms with van der Waals surface area (Å²) in [6.07, 6.45) is 3.60. The Kier molecular flexibility index (Phi) is 7.23. The fourth-order valence-corrected chi connectivity index (χ4v) is 4.83. The quantitative estimate of drug-likeness (QED) is 0.492. The molecule has 1 aliphatic rings. The maximum absolute atomic E-state index is 12.5. The molecule has 1 aliphatic heterocycles. The van der Waals surface area contributed by atoms with Crippen LogP contribution in [0.5, 0.6) is 0 Å². The number of aryl methyl sites for hydroxylation is 1. The number of hydrogen-bond acceptors (Lipinski definition) is 3. The second-order valence-electron chi connectivity index (χ2n) is 8.82. The van der Waals surface area contributed by atoms with Crippen molar-refractivity contribution in [2.45, 2.75) is 32.9 Å². The minimum absolute atomic E-state index is 0.0982. The third kappa shape index (κ3) is 5.56. The van der Waals surface area contributed by atoms with Crippen LogP contribution in [-0.2, 0) is 17.9 Å². The van der Waals surface area contributed by atoms with Crippen LogP contribution < -0.4 is 0 Å². The first-order valence-electron chi connectivity index (χ1n) is 11.2. The SMILES string of the molecule is CC(=O)N(Cc1cccnc1)CC1CN(Cc2ccccc2Cl)CC1c1ccc(C)cc1. The largest absolute Gasteiger partial charge is 0.338 e. The van der Waals surface area contributed by atoms with E-state index in [1.807, 2.05) is 41.4 Å². The number of nitrogens with zero attached hydrogens (tertiary/aromatic N) is 3. The standard InChI is InChI=1S/C27H30ClN3O/c1-20-9-11-23(12-10-20)26-19-30(16-24-7-3-4-8-27(24)28)17-25(26)18-31(21(2)32)15-22-6-5-13-29-14-22/h3-14,25-26H,15-19H2,1-2H3. The van der Waals surface area contributed by atoms with Gasteiger partial charge in [0.25, 0.3) is 0 Å². The van der Waals surface area contributed by atoms with Crippen molar-refractivity contribution in [2.24, 2.45) is 5.92 Å². The van der Waals surface area contributed by atoms with E-state index in [2.05, 4.69) is 47.1 Å². The van der Waals surface area contributed by atoms with Crippen LogP contribution in [0.1, 0.15) is 35.1 Å². The van der Waals surface area contributed by atoms with E-state index in [-0.39, 0.29) is 5.91 Å². The number of halogens is 1. The summed E-state index contributed by atoms with van der Waals surface area (Å²) in [5, 5.41) is 0.810. The van der Waals surface area contributed by atoms with Gasteiger partial charge in [-0.2, -0.15) is 0 Å². The summed E-state index contributed by atoms with van der Waals surface area (Å²) in [6.45, 7) is 7.80. The Labute approximate surface area is 195 Å². The first-order valence-corrected chi connectivity index (χ1v) is 11.5. The summed E-state index contributed by atoms with van der Waals surface area (Å²) in [7, 11) is 0. The molecule has 0 radical (unpaired) electrons. The van der Waals surface area contributed by atoms with Gasteiger partial charge in [0, 0.05) is 63.0 Å². The van der Waals surface area contributed by atoms with E-state index in [1.54, 1.807) is 13.1 Å². The topological polar surface area (TPSA) is 36.4 Å². The second-order valence-corrected chi connectivity index (χ2v) is 9.23. The molecule has 3 aromatic rings. The molecule has 0 aliphatic carbocycles. The molecule has 4 rings (SSSR count). The number of likely N-dealkylation sites (tertiary alicyclic amines) is 1. The predicted molar refractivity (Wildman–Crippen MR) is 129 cm³/mol. The van der Waals surface area contributed by atoms with Crippen LogP contribution in [0.4, 0.5) is 0 Å². The van der Waals surface area contributed by atoms with E-state index in [0.717, 1.165) is 42.3 Å². The van der Waals surface area contributed by atoms with Crippen LogP contribution in [0, 0.1) is 12.8 Å². The summed E-state index contributed by atoms with van der Waals surface area (Å²) in [5.74, 6) is 0.815. The van der Waals surface area contributed by atoms with Crippen LogP contribution in [0.3, 0.4) is 0 Å². The molecule has 0 bridgehead atoms. The zero-order chi connectivity index (χ0) is 22.5.